The number of hydrogen-bond donors (Lipinski definition) is 0. The van der Waals surface area contributed by atoms with Gasteiger partial charge in [-0.05, 0) is 50.1 Å². The lowest BCUT2D eigenvalue weighted by atomic mass is 10.1. The Labute approximate surface area is 102 Å². The van der Waals surface area contributed by atoms with E-state index in [1.807, 2.05) is 19.9 Å². The van der Waals surface area contributed by atoms with E-state index in [0.29, 0.717) is 16.5 Å². The maximum Gasteiger partial charge on any atom is 0.573 e. The number of halogens is 3. The van der Waals surface area contributed by atoms with Crippen molar-refractivity contribution in [2.45, 2.75) is 27.1 Å². The van der Waals surface area contributed by atoms with Gasteiger partial charge < -0.3 is 4.74 Å². The van der Waals surface area contributed by atoms with Gasteiger partial charge in [0, 0.05) is 11.1 Å². The van der Waals surface area contributed by atoms with Crippen LogP contribution in [0, 0.1) is 20.8 Å². The van der Waals surface area contributed by atoms with Crippen LogP contribution >= 0.6 is 0 Å². The standard InChI is InChI=1S/C13H12F3NO/c1-7-4-9(3)17-12-8(2)5-10(6-11(7)12)18-13(14,15)16/h4-6H,1-3H3. The number of pyridine rings is 1. The summed E-state index contributed by atoms with van der Waals surface area (Å²) in [4.78, 5) is 4.34. The molecule has 1 aromatic heterocycles. The lowest BCUT2D eigenvalue weighted by Crippen LogP contribution is -2.17. The predicted molar refractivity (Wildman–Crippen MR) is 62.6 cm³/mol. The molecule has 0 N–H and O–H groups in total. The number of benzene rings is 1. The predicted octanol–water partition coefficient (Wildman–Crippen LogP) is 4.06. The number of alkyl halides is 3. The van der Waals surface area contributed by atoms with Crippen molar-refractivity contribution in [3.8, 4) is 5.75 Å². The van der Waals surface area contributed by atoms with Crippen LogP contribution in [0.4, 0.5) is 13.2 Å². The fourth-order valence-corrected chi connectivity index (χ4v) is 1.99. The molecule has 0 unspecified atom stereocenters. The average molecular weight is 255 g/mol. The lowest BCUT2D eigenvalue weighted by Gasteiger charge is -2.12. The van der Waals surface area contributed by atoms with Gasteiger partial charge in [-0.3, -0.25) is 4.98 Å². The van der Waals surface area contributed by atoms with Gasteiger partial charge in [0.15, 0.2) is 0 Å². The van der Waals surface area contributed by atoms with E-state index in [1.165, 1.54) is 12.1 Å². The summed E-state index contributed by atoms with van der Waals surface area (Å²) in [5, 5.41) is 0.680. The summed E-state index contributed by atoms with van der Waals surface area (Å²) >= 11 is 0. The zero-order chi connectivity index (χ0) is 13.5. The first-order chi connectivity index (χ1) is 8.26. The minimum atomic E-state index is -4.67. The van der Waals surface area contributed by atoms with Crippen molar-refractivity contribution >= 4 is 10.9 Å². The molecular weight excluding hydrogens is 243 g/mol. The summed E-state index contributed by atoms with van der Waals surface area (Å²) in [6.45, 7) is 5.41. The normalized spacial score (nSPS) is 11.9. The van der Waals surface area contributed by atoms with Crippen molar-refractivity contribution in [2.24, 2.45) is 0 Å². The second kappa shape index (κ2) is 4.15. The number of ether oxygens (including phenoxy) is 1. The molecule has 5 heteroatoms. The summed E-state index contributed by atoms with van der Waals surface area (Å²) < 4.78 is 40.5. The molecule has 0 bridgehead atoms. The van der Waals surface area contributed by atoms with Crippen LogP contribution in [0.3, 0.4) is 0 Å². The molecule has 96 valence electrons. The molecule has 0 aliphatic heterocycles. The van der Waals surface area contributed by atoms with Gasteiger partial charge in [0.1, 0.15) is 5.75 Å². The molecule has 1 heterocycles. The quantitative estimate of drug-likeness (QED) is 0.766. The van der Waals surface area contributed by atoms with Crippen LogP contribution in [0.1, 0.15) is 16.8 Å². The van der Waals surface area contributed by atoms with Gasteiger partial charge in [0.05, 0.1) is 5.52 Å². The molecule has 0 amide bonds. The number of aryl methyl sites for hydroxylation is 3. The van der Waals surface area contributed by atoms with Crippen molar-refractivity contribution in [3.05, 3.63) is 35.0 Å². The number of hydrogen-bond acceptors (Lipinski definition) is 2. The van der Waals surface area contributed by atoms with E-state index in [-0.39, 0.29) is 5.75 Å². The van der Waals surface area contributed by atoms with Crippen LogP contribution in [0.25, 0.3) is 10.9 Å². The zero-order valence-corrected chi connectivity index (χ0v) is 10.2. The second-order valence-electron chi connectivity index (χ2n) is 4.26. The molecule has 0 saturated heterocycles. The van der Waals surface area contributed by atoms with Crippen LogP contribution in [0.5, 0.6) is 5.75 Å². The Bertz CT molecular complexity index is 605. The molecular formula is C13H12F3NO. The van der Waals surface area contributed by atoms with E-state index < -0.39 is 6.36 Å². The summed E-state index contributed by atoms with van der Waals surface area (Å²) in [5.74, 6) is -0.207. The Hall–Kier alpha value is -1.78. The van der Waals surface area contributed by atoms with Crippen LogP contribution in [0.2, 0.25) is 0 Å². The van der Waals surface area contributed by atoms with E-state index in [1.54, 1.807) is 6.92 Å². The molecule has 0 radical (unpaired) electrons. The third-order valence-electron chi connectivity index (χ3n) is 2.65. The third-order valence-corrected chi connectivity index (χ3v) is 2.65. The minimum Gasteiger partial charge on any atom is -0.406 e. The van der Waals surface area contributed by atoms with E-state index in [9.17, 15) is 13.2 Å². The molecule has 0 atom stereocenters. The van der Waals surface area contributed by atoms with Crippen molar-refractivity contribution in [3.63, 3.8) is 0 Å². The summed E-state index contributed by atoms with van der Waals surface area (Å²) in [7, 11) is 0. The highest BCUT2D eigenvalue weighted by atomic mass is 19.4. The molecule has 2 nitrogen and oxygen atoms in total. The SMILES string of the molecule is Cc1cc(C)c2cc(OC(F)(F)F)cc(C)c2n1. The van der Waals surface area contributed by atoms with Crippen LogP contribution < -0.4 is 4.74 Å². The van der Waals surface area contributed by atoms with Crippen molar-refractivity contribution in [2.75, 3.05) is 0 Å². The van der Waals surface area contributed by atoms with Gasteiger partial charge in [-0.15, -0.1) is 13.2 Å². The molecule has 18 heavy (non-hydrogen) atoms. The van der Waals surface area contributed by atoms with E-state index in [4.69, 9.17) is 0 Å². The Morgan fingerprint density at radius 2 is 1.67 bits per heavy atom. The fraction of sp³-hybridized carbons (Fsp3) is 0.308. The average Bonchev–Trinajstić information content (AvgIpc) is 2.17. The molecule has 0 aliphatic rings. The largest absolute Gasteiger partial charge is 0.573 e. The number of fused-ring (bicyclic) bond motifs is 1. The molecule has 0 aliphatic carbocycles. The Morgan fingerprint density at radius 1 is 1.00 bits per heavy atom. The maximum absolute atomic E-state index is 12.2. The summed E-state index contributed by atoms with van der Waals surface area (Å²) in [6.07, 6.45) is -4.67. The highest BCUT2D eigenvalue weighted by Gasteiger charge is 2.31. The Morgan fingerprint density at radius 3 is 2.28 bits per heavy atom. The fourth-order valence-electron chi connectivity index (χ4n) is 1.99. The maximum atomic E-state index is 12.2. The van der Waals surface area contributed by atoms with Gasteiger partial charge in [-0.25, -0.2) is 0 Å². The first kappa shape index (κ1) is 12.7. The first-order valence-corrected chi connectivity index (χ1v) is 5.40. The van der Waals surface area contributed by atoms with E-state index >= 15 is 0 Å². The van der Waals surface area contributed by atoms with E-state index in [2.05, 4.69) is 9.72 Å². The molecule has 0 spiro atoms. The summed E-state index contributed by atoms with van der Waals surface area (Å²) in [6, 6.07) is 4.55. The van der Waals surface area contributed by atoms with Crippen LogP contribution in [-0.2, 0) is 0 Å². The van der Waals surface area contributed by atoms with Crippen molar-refractivity contribution in [1.82, 2.24) is 4.98 Å². The van der Waals surface area contributed by atoms with E-state index in [0.717, 1.165) is 11.3 Å². The number of rotatable bonds is 1. The second-order valence-corrected chi connectivity index (χ2v) is 4.26. The Balaban J connectivity index is 2.62. The molecule has 2 aromatic rings. The molecule has 0 fully saturated rings. The zero-order valence-electron chi connectivity index (χ0n) is 10.2. The first-order valence-electron chi connectivity index (χ1n) is 5.40. The molecule has 1 aromatic carbocycles. The third kappa shape index (κ3) is 2.55. The van der Waals surface area contributed by atoms with Crippen molar-refractivity contribution < 1.29 is 17.9 Å². The summed E-state index contributed by atoms with van der Waals surface area (Å²) in [5.41, 5.74) is 3.10. The smallest absolute Gasteiger partial charge is 0.406 e. The Kier molecular flexibility index (Phi) is 2.92. The number of nitrogens with zero attached hydrogens (tertiary/aromatic N) is 1. The van der Waals surface area contributed by atoms with Gasteiger partial charge in [0.2, 0.25) is 0 Å². The van der Waals surface area contributed by atoms with Gasteiger partial charge in [-0.2, -0.15) is 0 Å². The minimum absolute atomic E-state index is 0.207. The van der Waals surface area contributed by atoms with Gasteiger partial charge in [-0.1, -0.05) is 0 Å². The van der Waals surface area contributed by atoms with Crippen LogP contribution in [0.15, 0.2) is 18.2 Å². The highest BCUT2D eigenvalue weighted by molar-refractivity contribution is 5.86. The molecule has 2 rings (SSSR count). The topological polar surface area (TPSA) is 22.1 Å². The highest BCUT2D eigenvalue weighted by Crippen LogP contribution is 2.30. The van der Waals surface area contributed by atoms with Gasteiger partial charge in [0.25, 0.3) is 0 Å². The monoisotopic (exact) mass is 255 g/mol. The van der Waals surface area contributed by atoms with Crippen LogP contribution in [-0.4, -0.2) is 11.3 Å². The lowest BCUT2D eigenvalue weighted by molar-refractivity contribution is -0.274. The van der Waals surface area contributed by atoms with Gasteiger partial charge >= 0.3 is 6.36 Å². The molecule has 0 saturated carbocycles. The number of aromatic nitrogens is 1. The van der Waals surface area contributed by atoms with Crippen molar-refractivity contribution in [1.29, 1.82) is 0 Å².